The van der Waals surface area contributed by atoms with Crippen molar-refractivity contribution in [3.63, 3.8) is 0 Å². The maximum atomic E-state index is 13.0. The van der Waals surface area contributed by atoms with Crippen molar-refractivity contribution in [3.8, 4) is 5.75 Å². The third kappa shape index (κ3) is 3.91. The second-order valence-corrected chi connectivity index (χ2v) is 9.47. The van der Waals surface area contributed by atoms with E-state index < -0.39 is 0 Å². The van der Waals surface area contributed by atoms with Crippen LogP contribution in [-0.2, 0) is 11.8 Å². The van der Waals surface area contributed by atoms with E-state index in [4.69, 9.17) is 14.5 Å². The van der Waals surface area contributed by atoms with E-state index in [1.807, 2.05) is 25.1 Å². The van der Waals surface area contributed by atoms with Crippen LogP contribution < -0.4 is 10.3 Å². The van der Waals surface area contributed by atoms with Gasteiger partial charge in [0, 0.05) is 32.7 Å². The van der Waals surface area contributed by atoms with Crippen molar-refractivity contribution >= 4 is 27.8 Å². The normalized spacial score (nSPS) is 19.6. The number of carbonyl (C=O) groups is 1. The van der Waals surface area contributed by atoms with Gasteiger partial charge in [-0.1, -0.05) is 23.5 Å². The Morgan fingerprint density at radius 2 is 2.03 bits per heavy atom. The third-order valence-electron chi connectivity index (χ3n) is 6.25. The summed E-state index contributed by atoms with van der Waals surface area (Å²) in [5.74, 6) is 1.54. The lowest BCUT2D eigenvalue weighted by molar-refractivity contribution is 0.0828. The first-order valence-electron chi connectivity index (χ1n) is 11.0. The number of likely N-dealkylation sites (tertiary alicyclic amines) is 1. The van der Waals surface area contributed by atoms with Gasteiger partial charge in [-0.05, 0) is 50.3 Å². The number of nitrogens with zero attached hydrogens (tertiary/aromatic N) is 4. The molecule has 2 aliphatic heterocycles. The first-order valence-corrected chi connectivity index (χ1v) is 11.8. The van der Waals surface area contributed by atoms with E-state index in [1.54, 1.807) is 22.6 Å². The van der Waals surface area contributed by atoms with Crippen LogP contribution in [0, 0.1) is 6.92 Å². The minimum atomic E-state index is -0.388. The maximum Gasteiger partial charge on any atom is 0.415 e. The molecule has 1 aromatic carbocycles. The molecule has 2 aromatic heterocycles. The topological polar surface area (TPSA) is 86.6 Å². The lowest BCUT2D eigenvalue weighted by Crippen LogP contribution is -2.33. The lowest BCUT2D eigenvalue weighted by atomic mass is 9.99. The predicted octanol–water partition coefficient (Wildman–Crippen LogP) is 3.93. The van der Waals surface area contributed by atoms with Gasteiger partial charge in [0.1, 0.15) is 16.6 Å². The van der Waals surface area contributed by atoms with Crippen molar-refractivity contribution in [3.05, 3.63) is 51.0 Å². The number of aromatic nitrogens is 3. The van der Waals surface area contributed by atoms with E-state index in [-0.39, 0.29) is 23.6 Å². The molecule has 1 atom stereocenters. The van der Waals surface area contributed by atoms with Crippen LogP contribution in [0.3, 0.4) is 0 Å². The van der Waals surface area contributed by atoms with Crippen LogP contribution in [-0.4, -0.2) is 45.3 Å². The van der Waals surface area contributed by atoms with Crippen LogP contribution in [0.4, 0.5) is 4.79 Å². The second kappa shape index (κ2) is 8.63. The van der Waals surface area contributed by atoms with Crippen molar-refractivity contribution in [2.24, 2.45) is 7.05 Å². The monoisotopic (exact) mass is 454 g/mol. The molecule has 0 radical (unpaired) electrons. The molecule has 0 bridgehead atoms. The number of benzene rings is 1. The molecule has 9 heteroatoms. The molecule has 0 spiro atoms. The average molecular weight is 455 g/mol. The summed E-state index contributed by atoms with van der Waals surface area (Å²) >= 11 is 1.41. The predicted molar refractivity (Wildman–Crippen MR) is 121 cm³/mol. The van der Waals surface area contributed by atoms with Crippen LogP contribution in [0.2, 0.25) is 0 Å². The highest BCUT2D eigenvalue weighted by atomic mass is 32.1. The fourth-order valence-electron chi connectivity index (χ4n) is 4.53. The summed E-state index contributed by atoms with van der Waals surface area (Å²) in [6, 6.07) is 7.23. The summed E-state index contributed by atoms with van der Waals surface area (Å²) in [5.41, 5.74) is 1.27. The molecule has 168 valence electrons. The van der Waals surface area contributed by atoms with E-state index in [0.717, 1.165) is 42.1 Å². The van der Waals surface area contributed by atoms with Gasteiger partial charge in [0.2, 0.25) is 0 Å². The summed E-state index contributed by atoms with van der Waals surface area (Å²) in [6.07, 6.45) is 2.98. The summed E-state index contributed by atoms with van der Waals surface area (Å²) < 4.78 is 12.7. The van der Waals surface area contributed by atoms with Gasteiger partial charge in [0.25, 0.3) is 5.56 Å². The molecule has 2 fully saturated rings. The first-order chi connectivity index (χ1) is 15.5. The van der Waals surface area contributed by atoms with Crippen LogP contribution in [0.25, 0.3) is 10.3 Å². The highest BCUT2D eigenvalue weighted by molar-refractivity contribution is 7.18. The number of hydrogen-bond acceptors (Lipinski definition) is 7. The Kier molecular flexibility index (Phi) is 5.69. The number of aryl methyl sites for hydroxylation is 1. The summed E-state index contributed by atoms with van der Waals surface area (Å²) in [5, 5.41) is 0.743. The zero-order valence-corrected chi connectivity index (χ0v) is 19.1. The second-order valence-electron chi connectivity index (χ2n) is 8.46. The number of fused-ring (bicyclic) bond motifs is 1. The Morgan fingerprint density at radius 3 is 2.81 bits per heavy atom. The molecule has 0 aliphatic carbocycles. The number of hydrogen-bond donors (Lipinski definition) is 0. The fourth-order valence-corrected chi connectivity index (χ4v) is 5.61. The lowest BCUT2D eigenvalue weighted by Gasteiger charge is -2.22. The van der Waals surface area contributed by atoms with E-state index in [9.17, 15) is 9.59 Å². The quantitative estimate of drug-likeness (QED) is 0.596. The molecular weight excluding hydrogens is 428 g/mol. The Balaban J connectivity index is 1.43. The molecule has 1 amide bonds. The number of amides is 1. The van der Waals surface area contributed by atoms with Gasteiger partial charge in [-0.25, -0.2) is 14.8 Å². The molecule has 0 unspecified atom stereocenters. The summed E-state index contributed by atoms with van der Waals surface area (Å²) in [4.78, 5) is 37.8. The van der Waals surface area contributed by atoms with Crippen molar-refractivity contribution < 1.29 is 14.3 Å². The minimum Gasteiger partial charge on any atom is -0.410 e. The van der Waals surface area contributed by atoms with E-state index in [2.05, 4.69) is 4.98 Å². The molecule has 4 heterocycles. The standard InChI is InChI=1S/C23H26N4O4S/c1-14-5-3-6-16(13-14)31-23(29)27-10-4-7-17(27)20-24-18-21(32-20)25-19(26(2)22(18)28)15-8-11-30-12-9-15/h3,5-6,13,15,17H,4,7-12H2,1-2H3/t17-/m1/s1. The smallest absolute Gasteiger partial charge is 0.410 e. The van der Waals surface area contributed by atoms with E-state index >= 15 is 0 Å². The van der Waals surface area contributed by atoms with Crippen molar-refractivity contribution in [2.75, 3.05) is 19.8 Å². The van der Waals surface area contributed by atoms with Crippen molar-refractivity contribution in [1.29, 1.82) is 0 Å². The molecule has 0 N–H and O–H groups in total. The molecular formula is C23H26N4O4S. The van der Waals surface area contributed by atoms with Crippen molar-refractivity contribution in [2.45, 2.75) is 44.6 Å². The van der Waals surface area contributed by atoms with Crippen LogP contribution in [0.1, 0.15) is 54.0 Å². The molecule has 2 saturated heterocycles. The molecule has 0 saturated carbocycles. The van der Waals surface area contributed by atoms with Gasteiger partial charge in [0.05, 0.1) is 6.04 Å². The van der Waals surface area contributed by atoms with E-state index in [0.29, 0.717) is 35.9 Å². The maximum absolute atomic E-state index is 13.0. The van der Waals surface area contributed by atoms with Crippen molar-refractivity contribution in [1.82, 2.24) is 19.4 Å². The largest absolute Gasteiger partial charge is 0.415 e. The highest BCUT2D eigenvalue weighted by Crippen LogP contribution is 2.36. The Labute approximate surface area is 189 Å². The SMILES string of the molecule is Cc1cccc(OC(=O)N2CCC[C@@H]2c2nc3c(=O)n(C)c(C4CCOCC4)nc3s2)c1. The summed E-state index contributed by atoms with van der Waals surface area (Å²) in [7, 11) is 1.76. The van der Waals surface area contributed by atoms with Gasteiger partial charge in [-0.2, -0.15) is 0 Å². The molecule has 3 aromatic rings. The fraction of sp³-hybridized carbons (Fsp3) is 0.478. The number of rotatable bonds is 3. The van der Waals surface area contributed by atoms with Gasteiger partial charge >= 0.3 is 6.09 Å². The van der Waals surface area contributed by atoms with Gasteiger partial charge in [-0.15, -0.1) is 0 Å². The highest BCUT2D eigenvalue weighted by Gasteiger charge is 2.34. The number of ether oxygens (including phenoxy) is 2. The Hall–Kier alpha value is -2.78. The Bertz CT molecular complexity index is 1210. The van der Waals surface area contributed by atoms with Crippen LogP contribution in [0.5, 0.6) is 5.75 Å². The first kappa shape index (κ1) is 21.1. The molecule has 8 nitrogen and oxygen atoms in total. The third-order valence-corrected chi connectivity index (χ3v) is 7.30. The van der Waals surface area contributed by atoms with Gasteiger partial charge < -0.3 is 9.47 Å². The van der Waals surface area contributed by atoms with Crippen LogP contribution in [0.15, 0.2) is 29.1 Å². The number of thiazole rings is 1. The minimum absolute atomic E-state index is 0.133. The molecule has 32 heavy (non-hydrogen) atoms. The molecule has 5 rings (SSSR count). The zero-order valence-electron chi connectivity index (χ0n) is 18.2. The van der Waals surface area contributed by atoms with Gasteiger partial charge in [0.15, 0.2) is 10.3 Å². The average Bonchev–Trinajstić information content (AvgIpc) is 3.44. The molecule has 2 aliphatic rings. The van der Waals surface area contributed by atoms with Crippen LogP contribution >= 0.6 is 11.3 Å². The van der Waals surface area contributed by atoms with Gasteiger partial charge in [-0.3, -0.25) is 14.3 Å². The van der Waals surface area contributed by atoms with E-state index in [1.165, 1.54) is 11.3 Å². The zero-order chi connectivity index (χ0) is 22.2. The number of carbonyl (C=O) groups excluding carboxylic acids is 1. The Morgan fingerprint density at radius 1 is 1.22 bits per heavy atom. The summed E-state index contributed by atoms with van der Waals surface area (Å²) in [6.45, 7) is 3.93.